The fourth-order valence-corrected chi connectivity index (χ4v) is 6.69. The highest BCUT2D eigenvalue weighted by atomic mass is 32.2. The van der Waals surface area contributed by atoms with Crippen molar-refractivity contribution in [3.05, 3.63) is 35.8 Å². The lowest BCUT2D eigenvalue weighted by molar-refractivity contribution is -0.134. The molecular weight excluding hydrogens is 483 g/mol. The second kappa shape index (κ2) is 9.85. The Hall–Kier alpha value is -2.92. The molecule has 0 radical (unpaired) electrons. The van der Waals surface area contributed by atoms with Crippen LogP contribution in [0.4, 0.5) is 4.39 Å². The molecule has 3 heterocycles. The number of carbonyl (C=O) groups excluding carboxylic acids is 3. The van der Waals surface area contributed by atoms with E-state index in [-0.39, 0.29) is 46.8 Å². The van der Waals surface area contributed by atoms with Crippen LogP contribution in [0.2, 0.25) is 0 Å². The first kappa shape index (κ1) is 24.8. The summed E-state index contributed by atoms with van der Waals surface area (Å²) in [6.07, 6.45) is 1.59. The second-order valence-corrected chi connectivity index (χ2v) is 11.4. The average Bonchev–Trinajstić information content (AvgIpc) is 3.52. The minimum atomic E-state index is -0.419. The zero-order valence-corrected chi connectivity index (χ0v) is 21.4. The first-order valence-corrected chi connectivity index (χ1v) is 13.1. The molecule has 1 saturated carbocycles. The molecule has 2 aliphatic heterocycles. The van der Waals surface area contributed by atoms with Crippen molar-refractivity contribution >= 4 is 45.4 Å². The fraction of sp³-hybridized carbons (Fsp3) is 0.520. The molecule has 2 fully saturated rings. The molecule has 1 saturated heterocycles. The van der Waals surface area contributed by atoms with Gasteiger partial charge in [0, 0.05) is 55.3 Å². The Labute approximate surface area is 213 Å². The van der Waals surface area contributed by atoms with E-state index >= 15 is 0 Å². The molecule has 3 amide bonds. The number of likely N-dealkylation sites (N-methyl/N-ethyl adjacent to an activating group) is 1. The van der Waals surface area contributed by atoms with Crippen LogP contribution in [-0.2, 0) is 9.59 Å². The highest BCUT2D eigenvalue weighted by Gasteiger charge is 2.41. The third-order valence-electron chi connectivity index (χ3n) is 7.26. The van der Waals surface area contributed by atoms with Crippen molar-refractivity contribution < 1.29 is 18.8 Å². The van der Waals surface area contributed by atoms with Crippen LogP contribution < -0.4 is 10.6 Å². The van der Waals surface area contributed by atoms with Crippen LogP contribution in [-0.4, -0.2) is 95.2 Å². The van der Waals surface area contributed by atoms with Gasteiger partial charge in [-0.3, -0.25) is 19.4 Å². The van der Waals surface area contributed by atoms with Gasteiger partial charge in [-0.05, 0) is 50.6 Å². The molecule has 36 heavy (non-hydrogen) atoms. The summed E-state index contributed by atoms with van der Waals surface area (Å²) in [6, 6.07) is 5.27. The number of aromatic nitrogens is 1. The van der Waals surface area contributed by atoms with Crippen LogP contribution in [0.25, 0.3) is 10.9 Å². The van der Waals surface area contributed by atoms with E-state index in [0.29, 0.717) is 40.9 Å². The predicted octanol–water partition coefficient (Wildman–Crippen LogP) is 1.61. The van der Waals surface area contributed by atoms with Gasteiger partial charge in [0.15, 0.2) is 5.04 Å². The van der Waals surface area contributed by atoms with Crippen LogP contribution >= 0.6 is 11.8 Å². The fourth-order valence-electron chi connectivity index (χ4n) is 5.41. The lowest BCUT2D eigenvalue weighted by Gasteiger charge is -2.37. The third-order valence-corrected chi connectivity index (χ3v) is 8.54. The lowest BCUT2D eigenvalue weighted by atomic mass is 9.81. The molecule has 1 aromatic carbocycles. The standard InChI is InChI=1S/C25H31FN6O3S/c1-31(2)25(35)13-4-6-17(28-22(33)19-10-14-8-15(26)5-7-16(14)27-19)18(9-13)29-23(34)24-30-20-11-32(3)12-21(20)36-24/h5,7-8,10,13,17-18,20-21,27H,4,6,9,11-12H2,1-3H3,(H,28,33)(H,29,34)/t13-,17-,18+,20?,21?/m0/s1. The number of aliphatic imine (C=N–C) groups is 1. The summed E-state index contributed by atoms with van der Waals surface area (Å²) in [5, 5.41) is 7.48. The maximum atomic E-state index is 13.6. The Bertz CT molecular complexity index is 1230. The van der Waals surface area contributed by atoms with Crippen LogP contribution in [0.15, 0.2) is 29.3 Å². The lowest BCUT2D eigenvalue weighted by Crippen LogP contribution is -2.56. The van der Waals surface area contributed by atoms with Gasteiger partial charge in [0.25, 0.3) is 11.8 Å². The molecule has 11 heteroatoms. The molecule has 2 unspecified atom stereocenters. The van der Waals surface area contributed by atoms with Crippen molar-refractivity contribution in [2.24, 2.45) is 10.9 Å². The maximum absolute atomic E-state index is 13.6. The Kier molecular flexibility index (Phi) is 6.78. The molecule has 0 spiro atoms. The number of aromatic amines is 1. The number of hydrogen-bond acceptors (Lipinski definition) is 6. The van der Waals surface area contributed by atoms with E-state index in [2.05, 4.69) is 32.6 Å². The molecule has 192 valence electrons. The first-order valence-electron chi connectivity index (χ1n) is 12.2. The minimum Gasteiger partial charge on any atom is -0.351 e. The van der Waals surface area contributed by atoms with Crippen molar-refractivity contribution in [3.63, 3.8) is 0 Å². The van der Waals surface area contributed by atoms with Gasteiger partial charge in [-0.2, -0.15) is 0 Å². The summed E-state index contributed by atoms with van der Waals surface area (Å²) in [5.41, 5.74) is 0.985. The van der Waals surface area contributed by atoms with Gasteiger partial charge in [-0.25, -0.2) is 4.39 Å². The second-order valence-electron chi connectivity index (χ2n) is 10.2. The number of amides is 3. The summed E-state index contributed by atoms with van der Waals surface area (Å²) in [6.45, 7) is 1.73. The zero-order chi connectivity index (χ0) is 25.6. The van der Waals surface area contributed by atoms with Crippen molar-refractivity contribution in [1.29, 1.82) is 0 Å². The zero-order valence-electron chi connectivity index (χ0n) is 20.6. The van der Waals surface area contributed by atoms with Gasteiger partial charge in [-0.1, -0.05) is 11.8 Å². The van der Waals surface area contributed by atoms with E-state index < -0.39 is 6.04 Å². The number of halogens is 1. The largest absolute Gasteiger partial charge is 0.351 e. The molecule has 0 bridgehead atoms. The van der Waals surface area contributed by atoms with Crippen LogP contribution in [0, 0.1) is 11.7 Å². The number of nitrogens with one attached hydrogen (secondary N) is 3. The predicted molar refractivity (Wildman–Crippen MR) is 138 cm³/mol. The smallest absolute Gasteiger partial charge is 0.276 e. The number of carbonyl (C=O) groups is 3. The number of thioether (sulfide) groups is 1. The van der Waals surface area contributed by atoms with Gasteiger partial charge >= 0.3 is 0 Å². The highest BCUT2D eigenvalue weighted by molar-refractivity contribution is 8.16. The van der Waals surface area contributed by atoms with E-state index in [1.165, 1.54) is 23.9 Å². The van der Waals surface area contributed by atoms with Crippen LogP contribution in [0.3, 0.4) is 0 Å². The molecule has 5 atom stereocenters. The maximum Gasteiger partial charge on any atom is 0.276 e. The number of H-pyrrole nitrogens is 1. The normalized spacial score (nSPS) is 28.0. The summed E-state index contributed by atoms with van der Waals surface area (Å²) in [7, 11) is 5.50. The Morgan fingerprint density at radius 3 is 2.64 bits per heavy atom. The number of fused-ring (bicyclic) bond motifs is 2. The van der Waals surface area contributed by atoms with Crippen molar-refractivity contribution in [2.75, 3.05) is 34.2 Å². The van der Waals surface area contributed by atoms with Crippen LogP contribution in [0.1, 0.15) is 29.8 Å². The summed E-state index contributed by atoms with van der Waals surface area (Å²) in [4.78, 5) is 50.4. The molecule has 9 nitrogen and oxygen atoms in total. The molecular formula is C25H31FN6O3S. The van der Waals surface area contributed by atoms with Crippen molar-refractivity contribution in [2.45, 2.75) is 42.6 Å². The summed E-state index contributed by atoms with van der Waals surface area (Å²) < 4.78 is 13.6. The van der Waals surface area contributed by atoms with Gasteiger partial charge < -0.3 is 25.4 Å². The van der Waals surface area contributed by atoms with Gasteiger partial charge in [0.2, 0.25) is 5.91 Å². The third kappa shape index (κ3) is 4.99. The SMILES string of the molecule is CN1CC2N=C(C(=O)N[C@@H]3C[C@@H](C(=O)N(C)C)CC[C@@H]3NC(=O)c3cc4cc(F)ccc4[nH]3)SC2C1. The number of likely N-dealkylation sites (tertiary alicyclic amines) is 1. The van der Waals surface area contributed by atoms with E-state index in [4.69, 9.17) is 0 Å². The van der Waals surface area contributed by atoms with E-state index in [0.717, 1.165) is 13.1 Å². The Balaban J connectivity index is 1.31. The number of benzene rings is 1. The monoisotopic (exact) mass is 514 g/mol. The topological polar surface area (TPSA) is 110 Å². The number of nitrogens with zero attached hydrogens (tertiary/aromatic N) is 3. The summed E-state index contributed by atoms with van der Waals surface area (Å²) in [5.74, 6) is -1.18. The molecule has 3 aliphatic rings. The Morgan fingerprint density at radius 2 is 1.89 bits per heavy atom. The van der Waals surface area contributed by atoms with Crippen molar-refractivity contribution in [3.8, 4) is 0 Å². The molecule has 2 aromatic rings. The average molecular weight is 515 g/mol. The highest BCUT2D eigenvalue weighted by Crippen LogP contribution is 2.33. The van der Waals surface area contributed by atoms with Gasteiger partial charge in [0.05, 0.1) is 12.1 Å². The van der Waals surface area contributed by atoms with Crippen molar-refractivity contribution in [1.82, 2.24) is 25.4 Å². The number of rotatable bonds is 5. The van der Waals surface area contributed by atoms with E-state index in [1.807, 2.05) is 0 Å². The molecule has 1 aliphatic carbocycles. The Morgan fingerprint density at radius 1 is 1.11 bits per heavy atom. The molecule has 5 rings (SSSR count). The molecule has 1 aromatic heterocycles. The first-order chi connectivity index (χ1) is 17.2. The van der Waals surface area contributed by atoms with Crippen LogP contribution in [0.5, 0.6) is 0 Å². The van der Waals surface area contributed by atoms with Gasteiger partial charge in [-0.15, -0.1) is 0 Å². The quantitative estimate of drug-likeness (QED) is 0.562. The van der Waals surface area contributed by atoms with E-state index in [1.54, 1.807) is 31.1 Å². The minimum absolute atomic E-state index is 0.0156. The van der Waals surface area contributed by atoms with E-state index in [9.17, 15) is 18.8 Å². The molecule has 3 N–H and O–H groups in total. The summed E-state index contributed by atoms with van der Waals surface area (Å²) >= 11 is 1.51. The number of hydrogen-bond donors (Lipinski definition) is 3. The van der Waals surface area contributed by atoms with Gasteiger partial charge in [0.1, 0.15) is 11.5 Å².